The molecule has 0 radical (unpaired) electrons. The van der Waals surface area contributed by atoms with Gasteiger partial charge < -0.3 is 14.6 Å². The predicted molar refractivity (Wildman–Crippen MR) is 105 cm³/mol. The normalized spacial score (nSPS) is 16.5. The minimum atomic E-state index is -0.248. The van der Waals surface area contributed by atoms with Crippen molar-refractivity contribution < 1.29 is 9.21 Å². The van der Waals surface area contributed by atoms with Crippen LogP contribution in [0.15, 0.2) is 53.1 Å². The van der Waals surface area contributed by atoms with E-state index in [4.69, 9.17) is 16.0 Å². The van der Waals surface area contributed by atoms with Crippen molar-refractivity contribution in [2.75, 3.05) is 23.3 Å². The monoisotopic (exact) mass is 385 g/mol. The summed E-state index contributed by atoms with van der Waals surface area (Å²) in [6.07, 6.45) is 2.47. The van der Waals surface area contributed by atoms with E-state index in [9.17, 15) is 4.79 Å². The zero-order valence-corrected chi connectivity index (χ0v) is 15.6. The Balaban J connectivity index is 1.35. The molecule has 0 bridgehead atoms. The number of aryl methyl sites for hydroxylation is 1. The molecule has 1 aliphatic heterocycles. The molecule has 27 heavy (non-hydrogen) atoms. The smallest absolute Gasteiger partial charge is 0.320 e. The lowest BCUT2D eigenvalue weighted by atomic mass is 10.3. The van der Waals surface area contributed by atoms with E-state index >= 15 is 0 Å². The lowest BCUT2D eigenvalue weighted by molar-refractivity contribution is 0.249. The number of aromatic nitrogens is 2. The van der Waals surface area contributed by atoms with E-state index in [2.05, 4.69) is 20.6 Å². The Morgan fingerprint density at radius 3 is 2.96 bits per heavy atom. The van der Waals surface area contributed by atoms with Crippen molar-refractivity contribution in [3.05, 3.63) is 53.8 Å². The lowest BCUT2D eigenvalue weighted by Gasteiger charge is -2.19. The summed E-state index contributed by atoms with van der Waals surface area (Å²) < 4.78 is 6.96. The van der Waals surface area contributed by atoms with Crippen LogP contribution in [-0.4, -0.2) is 34.9 Å². The number of nitrogens with zero attached hydrogens (tertiary/aromatic N) is 3. The Kier molecular flexibility index (Phi) is 4.77. The van der Waals surface area contributed by atoms with E-state index in [-0.39, 0.29) is 12.1 Å². The highest BCUT2D eigenvalue weighted by atomic mass is 35.5. The lowest BCUT2D eigenvalue weighted by Crippen LogP contribution is -2.40. The van der Waals surface area contributed by atoms with Crippen molar-refractivity contribution >= 4 is 29.1 Å². The highest BCUT2D eigenvalue weighted by molar-refractivity contribution is 6.30. The topological polar surface area (TPSA) is 75.3 Å². The molecular weight excluding hydrogens is 366 g/mol. The molecule has 2 aromatic heterocycles. The van der Waals surface area contributed by atoms with Gasteiger partial charge in [0.25, 0.3) is 0 Å². The maximum absolute atomic E-state index is 12.4. The first-order valence-corrected chi connectivity index (χ1v) is 9.12. The van der Waals surface area contributed by atoms with Crippen LogP contribution in [0.3, 0.4) is 0 Å². The van der Waals surface area contributed by atoms with Gasteiger partial charge in [-0.05, 0) is 36.8 Å². The van der Waals surface area contributed by atoms with Crippen LogP contribution in [0.25, 0.3) is 11.5 Å². The number of halogens is 1. The molecule has 4 rings (SSSR count). The van der Waals surface area contributed by atoms with E-state index < -0.39 is 0 Å². The summed E-state index contributed by atoms with van der Waals surface area (Å²) in [6, 6.07) is 13.0. The van der Waals surface area contributed by atoms with Crippen LogP contribution in [0.1, 0.15) is 6.42 Å². The van der Waals surface area contributed by atoms with Crippen LogP contribution in [0.4, 0.5) is 16.3 Å². The fraction of sp³-hybridized carbons (Fsp3) is 0.263. The third-order valence-corrected chi connectivity index (χ3v) is 4.83. The fourth-order valence-corrected chi connectivity index (χ4v) is 3.44. The molecule has 0 saturated carbocycles. The Bertz CT molecular complexity index is 937. The van der Waals surface area contributed by atoms with Crippen LogP contribution < -0.4 is 15.5 Å². The second kappa shape index (κ2) is 7.36. The number of nitrogens with one attached hydrogen (secondary N) is 2. The van der Waals surface area contributed by atoms with Crippen LogP contribution in [0.2, 0.25) is 5.02 Å². The number of carbonyl (C=O) groups is 1. The van der Waals surface area contributed by atoms with Crippen molar-refractivity contribution in [2.45, 2.75) is 12.5 Å². The van der Waals surface area contributed by atoms with Gasteiger partial charge in [-0.25, -0.2) is 4.79 Å². The van der Waals surface area contributed by atoms with Crippen molar-refractivity contribution in [3.63, 3.8) is 0 Å². The third kappa shape index (κ3) is 3.93. The van der Waals surface area contributed by atoms with Crippen molar-refractivity contribution in [3.8, 4) is 11.5 Å². The number of amides is 2. The number of carbonyl (C=O) groups excluding carboxylic acids is 1. The fourth-order valence-electron chi connectivity index (χ4n) is 3.25. The molecule has 7 nitrogen and oxygen atoms in total. The predicted octanol–water partition coefficient (Wildman–Crippen LogP) is 3.73. The Hall–Kier alpha value is -2.93. The zero-order valence-electron chi connectivity index (χ0n) is 14.9. The first-order chi connectivity index (χ1) is 13.1. The van der Waals surface area contributed by atoms with Gasteiger partial charge in [-0.2, -0.15) is 5.10 Å². The summed E-state index contributed by atoms with van der Waals surface area (Å²) >= 11 is 6.07. The first kappa shape index (κ1) is 17.5. The molecule has 140 valence electrons. The number of benzene rings is 1. The molecule has 1 atom stereocenters. The summed E-state index contributed by atoms with van der Waals surface area (Å²) in [4.78, 5) is 14.6. The van der Waals surface area contributed by atoms with E-state index in [0.29, 0.717) is 22.3 Å². The number of anilines is 2. The molecule has 0 unspecified atom stereocenters. The van der Waals surface area contributed by atoms with Crippen LogP contribution in [-0.2, 0) is 7.05 Å². The Labute approximate surface area is 161 Å². The van der Waals surface area contributed by atoms with Crippen LogP contribution >= 0.6 is 11.6 Å². The molecule has 1 fully saturated rings. The number of rotatable bonds is 4. The Morgan fingerprint density at radius 1 is 1.30 bits per heavy atom. The summed E-state index contributed by atoms with van der Waals surface area (Å²) in [5, 5.41) is 10.9. The molecule has 3 heterocycles. The summed E-state index contributed by atoms with van der Waals surface area (Å²) in [6.45, 7) is 1.62. The quantitative estimate of drug-likeness (QED) is 0.717. The van der Waals surface area contributed by atoms with E-state index in [1.807, 2.05) is 30.3 Å². The van der Waals surface area contributed by atoms with Crippen LogP contribution in [0.5, 0.6) is 0 Å². The third-order valence-electron chi connectivity index (χ3n) is 4.59. The highest BCUT2D eigenvalue weighted by Crippen LogP contribution is 2.24. The molecule has 2 amide bonds. The molecule has 1 aliphatic rings. The van der Waals surface area contributed by atoms with Crippen molar-refractivity contribution in [2.24, 2.45) is 7.05 Å². The van der Waals surface area contributed by atoms with Gasteiger partial charge in [-0.3, -0.25) is 10.00 Å². The van der Waals surface area contributed by atoms with Gasteiger partial charge in [0.05, 0.1) is 6.26 Å². The minimum Gasteiger partial charge on any atom is -0.463 e. The van der Waals surface area contributed by atoms with Gasteiger partial charge in [0.1, 0.15) is 11.5 Å². The van der Waals surface area contributed by atoms with Gasteiger partial charge in [0.15, 0.2) is 5.76 Å². The first-order valence-electron chi connectivity index (χ1n) is 8.74. The molecule has 3 aromatic rings. The Morgan fingerprint density at radius 2 is 2.19 bits per heavy atom. The van der Waals surface area contributed by atoms with E-state index in [1.54, 1.807) is 30.1 Å². The average Bonchev–Trinajstić information content (AvgIpc) is 3.37. The molecular formula is C19H20ClN5O2. The second-order valence-electron chi connectivity index (χ2n) is 6.53. The maximum atomic E-state index is 12.4. The highest BCUT2D eigenvalue weighted by Gasteiger charge is 2.24. The van der Waals surface area contributed by atoms with Gasteiger partial charge in [0.2, 0.25) is 0 Å². The minimum absolute atomic E-state index is 0.0711. The van der Waals surface area contributed by atoms with Gasteiger partial charge >= 0.3 is 6.03 Å². The zero-order chi connectivity index (χ0) is 18.8. The molecule has 1 aromatic carbocycles. The van der Waals surface area contributed by atoms with E-state index in [1.165, 1.54) is 0 Å². The summed E-state index contributed by atoms with van der Waals surface area (Å²) in [5.74, 6) is 1.26. The summed E-state index contributed by atoms with van der Waals surface area (Å²) in [5.41, 5.74) is 1.74. The van der Waals surface area contributed by atoms with Gasteiger partial charge in [-0.1, -0.05) is 17.7 Å². The maximum Gasteiger partial charge on any atom is 0.320 e. The molecule has 8 heteroatoms. The molecule has 2 N–H and O–H groups in total. The number of furan rings is 1. The average molecular weight is 386 g/mol. The SMILES string of the molecule is Cn1nc(-c2ccco2)cc1NC(=O)N[C@@H]1CCN(c2cccc(Cl)c2)C1. The number of urea groups is 1. The second-order valence-corrected chi connectivity index (χ2v) is 6.96. The standard InChI is InChI=1S/C19H20ClN5O2/c1-24-18(11-16(23-24)17-6-3-9-27-17)22-19(26)21-14-7-8-25(12-14)15-5-2-4-13(20)10-15/h2-6,9-11,14H,7-8,12H2,1H3,(H2,21,22,26)/t14-/m1/s1. The molecule has 0 spiro atoms. The van der Waals surface area contributed by atoms with Gasteiger partial charge in [0, 0.05) is 43.0 Å². The van der Waals surface area contributed by atoms with Crippen molar-refractivity contribution in [1.29, 1.82) is 0 Å². The number of hydrogen-bond donors (Lipinski definition) is 2. The van der Waals surface area contributed by atoms with Gasteiger partial charge in [-0.15, -0.1) is 0 Å². The van der Waals surface area contributed by atoms with Crippen LogP contribution in [0, 0.1) is 0 Å². The summed E-state index contributed by atoms with van der Waals surface area (Å²) in [7, 11) is 1.78. The molecule has 1 saturated heterocycles. The largest absolute Gasteiger partial charge is 0.463 e. The molecule has 0 aliphatic carbocycles. The van der Waals surface area contributed by atoms with E-state index in [0.717, 1.165) is 25.2 Å². The van der Waals surface area contributed by atoms with Crippen molar-refractivity contribution in [1.82, 2.24) is 15.1 Å². The number of hydrogen-bond acceptors (Lipinski definition) is 4.